The fourth-order valence-electron chi connectivity index (χ4n) is 2.66. The Hall–Kier alpha value is -1.44. The summed E-state index contributed by atoms with van der Waals surface area (Å²) >= 11 is 1.47. The van der Waals surface area contributed by atoms with E-state index < -0.39 is 22.0 Å². The first kappa shape index (κ1) is 14.5. The number of carbonyl (C=O) groups is 1. The minimum absolute atomic E-state index is 0.182. The van der Waals surface area contributed by atoms with Gasteiger partial charge in [-0.3, -0.25) is 4.79 Å². The lowest BCUT2D eigenvalue weighted by Gasteiger charge is -2.25. The smallest absolute Gasteiger partial charge is 0.255 e. The molecule has 0 aliphatic carbocycles. The van der Waals surface area contributed by atoms with Crippen LogP contribution in [0.25, 0.3) is 10.1 Å². The van der Waals surface area contributed by atoms with Gasteiger partial charge in [0.1, 0.15) is 0 Å². The van der Waals surface area contributed by atoms with Crippen LogP contribution >= 0.6 is 11.3 Å². The van der Waals surface area contributed by atoms with Crippen molar-refractivity contribution in [3.8, 4) is 0 Å². The number of rotatable bonds is 2. The Bertz CT molecular complexity index is 796. The maximum Gasteiger partial charge on any atom is 0.255 e. The third kappa shape index (κ3) is 2.56. The number of nitrogens with zero attached hydrogens (tertiary/aromatic N) is 1. The number of sulfone groups is 1. The topological polar surface area (TPSA) is 74.7 Å². The maximum atomic E-state index is 12.6. The molecular formula is C14H15NO4S2. The summed E-state index contributed by atoms with van der Waals surface area (Å²) in [6, 6.07) is 6.90. The van der Waals surface area contributed by atoms with Crippen molar-refractivity contribution >= 4 is 37.2 Å². The highest BCUT2D eigenvalue weighted by molar-refractivity contribution is 7.91. The Morgan fingerprint density at radius 1 is 1.33 bits per heavy atom. The number of fused-ring (bicyclic) bond motifs is 1. The van der Waals surface area contributed by atoms with Crippen molar-refractivity contribution < 1.29 is 18.3 Å². The van der Waals surface area contributed by atoms with Crippen molar-refractivity contribution in [1.82, 2.24) is 4.90 Å². The minimum atomic E-state index is -3.28. The van der Waals surface area contributed by atoms with E-state index >= 15 is 0 Å². The zero-order chi connectivity index (χ0) is 15.2. The number of hydrogen-bond acceptors (Lipinski definition) is 5. The van der Waals surface area contributed by atoms with E-state index in [2.05, 4.69) is 0 Å². The molecule has 1 aliphatic heterocycles. The highest BCUT2D eigenvalue weighted by Crippen LogP contribution is 2.28. The summed E-state index contributed by atoms with van der Waals surface area (Å²) in [5.74, 6) is -0.716. The Morgan fingerprint density at radius 2 is 2.05 bits per heavy atom. The van der Waals surface area contributed by atoms with Crippen LogP contribution in [0.4, 0.5) is 0 Å². The van der Waals surface area contributed by atoms with Gasteiger partial charge in [-0.25, -0.2) is 8.42 Å². The SMILES string of the molecule is CN(C(=O)c1csc2ccccc12)[C@@H]1CS(=O)(=O)C[C@H]1O. The van der Waals surface area contributed by atoms with Gasteiger partial charge in [0.15, 0.2) is 9.84 Å². The predicted octanol–water partition coefficient (Wildman–Crippen LogP) is 1.13. The fraction of sp³-hybridized carbons (Fsp3) is 0.357. The molecule has 3 rings (SSSR count). The van der Waals surface area contributed by atoms with Crippen LogP contribution in [0.2, 0.25) is 0 Å². The van der Waals surface area contributed by atoms with Crippen LogP contribution in [0.5, 0.6) is 0 Å². The van der Waals surface area contributed by atoms with Crippen LogP contribution in [-0.2, 0) is 9.84 Å². The molecule has 1 N–H and O–H groups in total. The largest absolute Gasteiger partial charge is 0.390 e. The van der Waals surface area contributed by atoms with E-state index in [1.165, 1.54) is 16.2 Å². The second-order valence-corrected chi connectivity index (χ2v) is 8.34. The molecule has 5 nitrogen and oxygen atoms in total. The third-order valence-corrected chi connectivity index (χ3v) is 6.48. The highest BCUT2D eigenvalue weighted by atomic mass is 32.2. The summed E-state index contributed by atoms with van der Waals surface area (Å²) in [5, 5.41) is 12.5. The number of hydrogen-bond donors (Lipinski definition) is 1. The summed E-state index contributed by atoms with van der Waals surface area (Å²) < 4.78 is 24.2. The van der Waals surface area contributed by atoms with Crippen LogP contribution < -0.4 is 0 Å². The van der Waals surface area contributed by atoms with Gasteiger partial charge in [-0.2, -0.15) is 0 Å². The van der Waals surface area contributed by atoms with Crippen LogP contribution in [-0.4, -0.2) is 55.0 Å². The molecule has 1 amide bonds. The lowest BCUT2D eigenvalue weighted by molar-refractivity contribution is 0.0583. The summed E-state index contributed by atoms with van der Waals surface area (Å²) in [4.78, 5) is 13.9. The van der Waals surface area contributed by atoms with Crippen LogP contribution in [0, 0.1) is 0 Å². The number of benzene rings is 1. The molecule has 1 aromatic carbocycles. The molecule has 1 saturated heterocycles. The average Bonchev–Trinajstić information content (AvgIpc) is 2.97. The van der Waals surface area contributed by atoms with Gasteiger partial charge in [0.25, 0.3) is 5.91 Å². The van der Waals surface area contributed by atoms with Crippen molar-refractivity contribution in [3.05, 3.63) is 35.2 Å². The number of amides is 1. The fourth-order valence-corrected chi connectivity index (χ4v) is 5.44. The number of thiophene rings is 1. The van der Waals surface area contributed by atoms with Crippen molar-refractivity contribution in [2.24, 2.45) is 0 Å². The second kappa shape index (κ2) is 5.08. The van der Waals surface area contributed by atoms with Gasteiger partial charge in [0, 0.05) is 22.5 Å². The van der Waals surface area contributed by atoms with Crippen LogP contribution in [0.3, 0.4) is 0 Å². The summed E-state index contributed by atoms with van der Waals surface area (Å²) in [7, 11) is -1.73. The van der Waals surface area contributed by atoms with Gasteiger partial charge in [0.05, 0.1) is 29.2 Å². The van der Waals surface area contributed by atoms with E-state index in [9.17, 15) is 18.3 Å². The minimum Gasteiger partial charge on any atom is -0.390 e. The van der Waals surface area contributed by atoms with Gasteiger partial charge >= 0.3 is 0 Å². The quantitative estimate of drug-likeness (QED) is 0.898. The third-order valence-electron chi connectivity index (χ3n) is 3.82. The normalized spacial score (nSPS) is 24.3. The van der Waals surface area contributed by atoms with E-state index in [1.807, 2.05) is 24.3 Å². The van der Waals surface area contributed by atoms with Crippen LogP contribution in [0.15, 0.2) is 29.6 Å². The van der Waals surface area contributed by atoms with Crippen LogP contribution in [0.1, 0.15) is 10.4 Å². The molecule has 0 bridgehead atoms. The van der Waals surface area contributed by atoms with E-state index in [0.717, 1.165) is 10.1 Å². The molecule has 0 spiro atoms. The van der Waals surface area contributed by atoms with Gasteiger partial charge in [0.2, 0.25) is 0 Å². The Balaban J connectivity index is 1.92. The monoisotopic (exact) mass is 325 g/mol. The Kier molecular flexibility index (Phi) is 3.51. The number of likely N-dealkylation sites (N-methyl/N-ethyl adjacent to an activating group) is 1. The zero-order valence-corrected chi connectivity index (χ0v) is 13.0. The molecule has 2 heterocycles. The van der Waals surface area contributed by atoms with Gasteiger partial charge in [-0.05, 0) is 6.07 Å². The maximum absolute atomic E-state index is 12.6. The molecule has 0 unspecified atom stereocenters. The van der Waals surface area contributed by atoms with Crippen molar-refractivity contribution in [1.29, 1.82) is 0 Å². The van der Waals surface area contributed by atoms with Crippen molar-refractivity contribution in [2.45, 2.75) is 12.1 Å². The predicted molar refractivity (Wildman–Crippen MR) is 82.4 cm³/mol. The lowest BCUT2D eigenvalue weighted by Crippen LogP contribution is -2.44. The van der Waals surface area contributed by atoms with E-state index in [-0.39, 0.29) is 17.4 Å². The zero-order valence-electron chi connectivity index (χ0n) is 11.4. The molecule has 2 aromatic rings. The number of aliphatic hydroxyl groups is 1. The molecular weight excluding hydrogens is 310 g/mol. The number of aliphatic hydroxyl groups excluding tert-OH is 1. The van der Waals surface area contributed by atoms with Gasteiger partial charge in [-0.15, -0.1) is 11.3 Å². The first-order chi connectivity index (χ1) is 9.89. The van der Waals surface area contributed by atoms with Crippen molar-refractivity contribution in [2.75, 3.05) is 18.6 Å². The number of carbonyl (C=O) groups excluding carboxylic acids is 1. The summed E-state index contributed by atoms with van der Waals surface area (Å²) in [6.45, 7) is 0. The van der Waals surface area contributed by atoms with E-state index in [1.54, 1.807) is 12.4 Å². The lowest BCUT2D eigenvalue weighted by atomic mass is 10.1. The molecule has 7 heteroatoms. The van der Waals surface area contributed by atoms with Gasteiger partial charge < -0.3 is 10.0 Å². The van der Waals surface area contributed by atoms with Gasteiger partial charge in [-0.1, -0.05) is 18.2 Å². The molecule has 2 atom stereocenters. The second-order valence-electron chi connectivity index (χ2n) is 5.27. The molecule has 112 valence electrons. The average molecular weight is 325 g/mol. The molecule has 0 saturated carbocycles. The molecule has 1 fully saturated rings. The standard InChI is InChI=1S/C14H15NO4S2/c1-15(11-7-21(18,19)8-12(11)16)14(17)10-6-20-13-5-3-2-4-9(10)13/h2-6,11-12,16H,7-8H2,1H3/t11-,12-/m1/s1. The molecule has 1 aliphatic rings. The highest BCUT2D eigenvalue weighted by Gasteiger charge is 2.40. The van der Waals surface area contributed by atoms with E-state index in [0.29, 0.717) is 5.56 Å². The molecule has 21 heavy (non-hydrogen) atoms. The molecule has 1 aromatic heterocycles. The Morgan fingerprint density at radius 3 is 2.71 bits per heavy atom. The van der Waals surface area contributed by atoms with Crippen molar-refractivity contribution in [3.63, 3.8) is 0 Å². The summed E-state index contributed by atoms with van der Waals surface area (Å²) in [6.07, 6.45) is -1.02. The first-order valence-corrected chi connectivity index (χ1v) is 9.21. The molecule has 0 radical (unpaired) electrons. The Labute approximate surface area is 126 Å². The van der Waals surface area contributed by atoms with E-state index in [4.69, 9.17) is 0 Å². The first-order valence-electron chi connectivity index (χ1n) is 6.51. The summed E-state index contributed by atoms with van der Waals surface area (Å²) in [5.41, 5.74) is 0.551.